The van der Waals surface area contributed by atoms with E-state index < -0.39 is 17.9 Å². The first-order valence-corrected chi connectivity index (χ1v) is 4.59. The molecule has 0 spiro atoms. The number of aliphatic carboxylic acids is 1. The van der Waals surface area contributed by atoms with Crippen LogP contribution < -0.4 is 0 Å². The molecular weight excluding hydrogens is 255 g/mol. The summed E-state index contributed by atoms with van der Waals surface area (Å²) in [7, 11) is 0. The van der Waals surface area contributed by atoms with Gasteiger partial charge in [-0.1, -0.05) is 15.9 Å². The van der Waals surface area contributed by atoms with Gasteiger partial charge in [0.1, 0.15) is 5.82 Å². The summed E-state index contributed by atoms with van der Waals surface area (Å²) in [6, 6.07) is 2.23. The maximum Gasteiger partial charge on any atom is 0.337 e. The maximum atomic E-state index is 12.9. The SMILES string of the molecule is Cc1c(Br)cc(F)cc1C(O)C(=O)O. The van der Waals surface area contributed by atoms with Crippen LogP contribution in [-0.4, -0.2) is 16.2 Å². The molecule has 0 saturated carbocycles. The zero-order valence-corrected chi connectivity index (χ0v) is 8.88. The second-order valence-electron chi connectivity index (χ2n) is 2.84. The number of hydrogen-bond acceptors (Lipinski definition) is 2. The van der Waals surface area contributed by atoms with Gasteiger partial charge >= 0.3 is 5.97 Å². The van der Waals surface area contributed by atoms with Crippen LogP contribution in [0.4, 0.5) is 4.39 Å². The standard InChI is InChI=1S/C9H8BrFO3/c1-4-6(8(12)9(13)14)2-5(11)3-7(4)10/h2-3,8,12H,1H3,(H,13,14). The average Bonchev–Trinajstić information content (AvgIpc) is 2.09. The molecule has 14 heavy (non-hydrogen) atoms. The van der Waals surface area contributed by atoms with Crippen molar-refractivity contribution in [3.63, 3.8) is 0 Å². The van der Waals surface area contributed by atoms with Crippen molar-refractivity contribution in [3.05, 3.63) is 33.5 Å². The highest BCUT2D eigenvalue weighted by atomic mass is 79.9. The molecule has 3 nitrogen and oxygen atoms in total. The number of benzene rings is 1. The number of carboxylic acid groups (broad SMARTS) is 1. The minimum absolute atomic E-state index is 0.0596. The van der Waals surface area contributed by atoms with E-state index in [1.807, 2.05) is 0 Å². The van der Waals surface area contributed by atoms with E-state index in [0.717, 1.165) is 6.07 Å². The molecule has 0 heterocycles. The van der Waals surface area contributed by atoms with Crippen LogP contribution in [0.25, 0.3) is 0 Å². The molecule has 1 atom stereocenters. The largest absolute Gasteiger partial charge is 0.479 e. The van der Waals surface area contributed by atoms with Gasteiger partial charge in [0, 0.05) is 4.47 Å². The van der Waals surface area contributed by atoms with Crippen LogP contribution in [0.15, 0.2) is 16.6 Å². The molecule has 0 aliphatic rings. The minimum atomic E-state index is -1.69. The topological polar surface area (TPSA) is 57.5 Å². The maximum absolute atomic E-state index is 12.9. The highest BCUT2D eigenvalue weighted by Gasteiger charge is 2.20. The summed E-state index contributed by atoms with van der Waals surface area (Å²) in [5, 5.41) is 17.8. The third kappa shape index (κ3) is 2.10. The third-order valence-electron chi connectivity index (χ3n) is 1.88. The summed E-state index contributed by atoms with van der Waals surface area (Å²) < 4.78 is 13.3. The molecule has 5 heteroatoms. The molecule has 0 saturated heterocycles. The van der Waals surface area contributed by atoms with Crippen LogP contribution in [0.1, 0.15) is 17.2 Å². The number of halogens is 2. The second-order valence-corrected chi connectivity index (χ2v) is 3.70. The van der Waals surface area contributed by atoms with Crippen molar-refractivity contribution in [1.82, 2.24) is 0 Å². The number of carbonyl (C=O) groups is 1. The first-order chi connectivity index (χ1) is 6.43. The Hall–Kier alpha value is -0.940. The van der Waals surface area contributed by atoms with Crippen molar-refractivity contribution in [1.29, 1.82) is 0 Å². The lowest BCUT2D eigenvalue weighted by Crippen LogP contribution is -2.12. The predicted molar refractivity (Wildman–Crippen MR) is 51.4 cm³/mol. The van der Waals surface area contributed by atoms with Crippen molar-refractivity contribution < 1.29 is 19.4 Å². The van der Waals surface area contributed by atoms with Crippen molar-refractivity contribution in [2.24, 2.45) is 0 Å². The van der Waals surface area contributed by atoms with Gasteiger partial charge in [-0.3, -0.25) is 0 Å². The van der Waals surface area contributed by atoms with Gasteiger partial charge in [0.15, 0.2) is 6.10 Å². The van der Waals surface area contributed by atoms with E-state index in [1.165, 1.54) is 6.07 Å². The summed E-state index contributed by atoms with van der Waals surface area (Å²) in [6.07, 6.45) is -1.69. The molecule has 1 aromatic rings. The number of hydrogen-bond donors (Lipinski definition) is 2. The Kier molecular flexibility index (Phi) is 3.23. The number of aliphatic hydroxyl groups is 1. The molecule has 1 aromatic carbocycles. The number of rotatable bonds is 2. The lowest BCUT2D eigenvalue weighted by molar-refractivity contribution is -0.147. The minimum Gasteiger partial charge on any atom is -0.479 e. The van der Waals surface area contributed by atoms with Gasteiger partial charge < -0.3 is 10.2 Å². The normalized spacial score (nSPS) is 12.6. The van der Waals surface area contributed by atoms with Crippen molar-refractivity contribution >= 4 is 21.9 Å². The zero-order valence-electron chi connectivity index (χ0n) is 7.29. The molecule has 76 valence electrons. The summed E-state index contributed by atoms with van der Waals surface area (Å²) in [6.45, 7) is 1.60. The van der Waals surface area contributed by atoms with E-state index in [2.05, 4.69) is 15.9 Å². The van der Waals surface area contributed by atoms with Crippen LogP contribution in [-0.2, 0) is 4.79 Å². The van der Waals surface area contributed by atoms with Crippen LogP contribution in [0.5, 0.6) is 0 Å². The summed E-state index contributed by atoms with van der Waals surface area (Å²) in [5.41, 5.74) is 0.575. The van der Waals surface area contributed by atoms with Gasteiger partial charge in [0.25, 0.3) is 0 Å². The van der Waals surface area contributed by atoms with Gasteiger partial charge in [-0.15, -0.1) is 0 Å². The first-order valence-electron chi connectivity index (χ1n) is 3.80. The van der Waals surface area contributed by atoms with Crippen LogP contribution in [0, 0.1) is 12.7 Å². The lowest BCUT2D eigenvalue weighted by atomic mass is 10.0. The van der Waals surface area contributed by atoms with E-state index in [4.69, 9.17) is 5.11 Å². The molecule has 1 rings (SSSR count). The fourth-order valence-electron chi connectivity index (χ4n) is 1.08. The van der Waals surface area contributed by atoms with Crippen molar-refractivity contribution in [2.45, 2.75) is 13.0 Å². The molecule has 0 aliphatic carbocycles. The Morgan fingerprint density at radius 1 is 1.57 bits per heavy atom. The van der Waals surface area contributed by atoms with E-state index in [-0.39, 0.29) is 5.56 Å². The van der Waals surface area contributed by atoms with Crippen LogP contribution in [0.3, 0.4) is 0 Å². The van der Waals surface area contributed by atoms with Crippen molar-refractivity contribution in [2.75, 3.05) is 0 Å². The molecule has 0 aliphatic heterocycles. The second kappa shape index (κ2) is 4.06. The Morgan fingerprint density at radius 3 is 2.64 bits per heavy atom. The van der Waals surface area contributed by atoms with Gasteiger partial charge in [0.05, 0.1) is 0 Å². The Morgan fingerprint density at radius 2 is 2.14 bits per heavy atom. The van der Waals surface area contributed by atoms with Gasteiger partial charge in [-0.05, 0) is 30.2 Å². The van der Waals surface area contributed by atoms with E-state index in [0.29, 0.717) is 10.0 Å². The fourth-order valence-corrected chi connectivity index (χ4v) is 1.53. The summed E-state index contributed by atoms with van der Waals surface area (Å²) >= 11 is 3.07. The fraction of sp³-hybridized carbons (Fsp3) is 0.222. The number of aliphatic hydroxyl groups excluding tert-OH is 1. The first kappa shape index (κ1) is 11.1. The summed E-state index contributed by atoms with van der Waals surface area (Å²) in [5.74, 6) is -1.98. The highest BCUT2D eigenvalue weighted by molar-refractivity contribution is 9.10. The van der Waals surface area contributed by atoms with E-state index in [1.54, 1.807) is 6.92 Å². The van der Waals surface area contributed by atoms with Crippen molar-refractivity contribution in [3.8, 4) is 0 Å². The van der Waals surface area contributed by atoms with E-state index >= 15 is 0 Å². The molecular formula is C9H8BrFO3. The molecule has 0 fully saturated rings. The molecule has 0 aromatic heterocycles. The molecule has 0 bridgehead atoms. The molecule has 2 N–H and O–H groups in total. The molecule has 0 radical (unpaired) electrons. The molecule has 1 unspecified atom stereocenters. The average molecular weight is 263 g/mol. The number of carboxylic acids is 1. The smallest absolute Gasteiger partial charge is 0.337 e. The van der Waals surface area contributed by atoms with E-state index in [9.17, 15) is 14.3 Å². The van der Waals surface area contributed by atoms with Gasteiger partial charge in [0.2, 0.25) is 0 Å². The monoisotopic (exact) mass is 262 g/mol. The Balaban J connectivity index is 3.26. The van der Waals surface area contributed by atoms with Crippen LogP contribution in [0.2, 0.25) is 0 Å². The predicted octanol–water partition coefficient (Wildman–Crippen LogP) is 2.01. The third-order valence-corrected chi connectivity index (χ3v) is 2.70. The summed E-state index contributed by atoms with van der Waals surface area (Å²) in [4.78, 5) is 10.5. The zero-order chi connectivity index (χ0) is 10.9. The Bertz CT molecular complexity index is 379. The van der Waals surface area contributed by atoms with Crippen LogP contribution >= 0.6 is 15.9 Å². The van der Waals surface area contributed by atoms with Gasteiger partial charge in [-0.25, -0.2) is 9.18 Å². The van der Waals surface area contributed by atoms with Gasteiger partial charge in [-0.2, -0.15) is 0 Å². The lowest BCUT2D eigenvalue weighted by Gasteiger charge is -2.10. The molecule has 0 amide bonds. The quantitative estimate of drug-likeness (QED) is 0.858. The highest BCUT2D eigenvalue weighted by Crippen LogP contribution is 2.26. The Labute approximate surface area is 88.3 Å².